The summed E-state index contributed by atoms with van der Waals surface area (Å²) in [5, 5.41) is 10.4. The fourth-order valence-electron chi connectivity index (χ4n) is 5.23. The molecule has 2 aliphatic heterocycles. The number of carbonyl (C=O) groups excluding carboxylic acids is 2. The van der Waals surface area contributed by atoms with Crippen LogP contribution in [-0.2, 0) is 4.79 Å². The van der Waals surface area contributed by atoms with Crippen molar-refractivity contribution >= 4 is 35.2 Å². The first-order valence-electron chi connectivity index (χ1n) is 12.0. The summed E-state index contributed by atoms with van der Waals surface area (Å²) in [6.45, 7) is 5.99. The van der Waals surface area contributed by atoms with E-state index in [2.05, 4.69) is 9.88 Å². The molecule has 2 fully saturated rings. The Morgan fingerprint density at radius 1 is 1.09 bits per heavy atom. The number of likely N-dealkylation sites (tertiary alicyclic amines) is 1. The maximum atomic E-state index is 13.5. The lowest BCUT2D eigenvalue weighted by Crippen LogP contribution is -2.45. The van der Waals surface area contributed by atoms with Gasteiger partial charge in [0.2, 0.25) is 5.91 Å². The van der Waals surface area contributed by atoms with E-state index >= 15 is 0 Å². The van der Waals surface area contributed by atoms with Gasteiger partial charge >= 0.3 is 6.09 Å². The van der Waals surface area contributed by atoms with E-state index in [0.717, 1.165) is 11.4 Å². The second-order valence-electron chi connectivity index (χ2n) is 9.26. The number of aromatic nitrogens is 1. The number of carbonyl (C=O) groups is 3. The van der Waals surface area contributed by atoms with Gasteiger partial charge in [-0.1, -0.05) is 23.7 Å². The summed E-state index contributed by atoms with van der Waals surface area (Å²) in [5.41, 5.74) is 1.57. The first kappa shape index (κ1) is 25.0. The Morgan fingerprint density at radius 3 is 2.31 bits per heavy atom. The number of anilines is 1. The number of rotatable bonds is 6. The Morgan fingerprint density at radius 2 is 1.77 bits per heavy atom. The zero-order valence-electron chi connectivity index (χ0n) is 20.1. The molecule has 0 radical (unpaired) electrons. The van der Waals surface area contributed by atoms with Crippen molar-refractivity contribution in [3.63, 3.8) is 0 Å². The molecule has 35 heavy (non-hydrogen) atoms. The zero-order chi connectivity index (χ0) is 25.1. The molecule has 186 valence electrons. The van der Waals surface area contributed by atoms with Crippen LogP contribution in [0.3, 0.4) is 0 Å². The van der Waals surface area contributed by atoms with Crippen LogP contribution in [0.4, 0.5) is 10.6 Å². The van der Waals surface area contributed by atoms with Crippen molar-refractivity contribution < 1.29 is 19.5 Å². The Hall–Kier alpha value is -3.13. The number of nitrogens with zero attached hydrogens (tertiary/aromatic N) is 4. The van der Waals surface area contributed by atoms with Gasteiger partial charge in [0.25, 0.3) is 0 Å². The summed E-state index contributed by atoms with van der Waals surface area (Å²) in [6.07, 6.45) is 2.04. The molecular weight excluding hydrogens is 468 g/mol. The summed E-state index contributed by atoms with van der Waals surface area (Å²) in [7, 11) is 0. The highest BCUT2D eigenvalue weighted by atomic mass is 35.5. The number of piperidine rings is 1. The fraction of sp³-hybridized carbons (Fsp3) is 0.462. The average Bonchev–Trinajstić information content (AvgIpc) is 3.29. The first-order valence-corrected chi connectivity index (χ1v) is 12.4. The molecule has 3 heterocycles. The number of ketones is 1. The van der Waals surface area contributed by atoms with Crippen molar-refractivity contribution in [3.05, 3.63) is 58.7 Å². The van der Waals surface area contributed by atoms with E-state index in [1.807, 2.05) is 42.2 Å². The van der Waals surface area contributed by atoms with Crippen molar-refractivity contribution in [3.8, 4) is 0 Å². The third-order valence-corrected chi connectivity index (χ3v) is 7.46. The summed E-state index contributed by atoms with van der Waals surface area (Å²) in [6, 6.07) is 10.8. The van der Waals surface area contributed by atoms with E-state index in [-0.39, 0.29) is 29.6 Å². The molecule has 0 spiro atoms. The summed E-state index contributed by atoms with van der Waals surface area (Å²) >= 11 is 6.06. The van der Waals surface area contributed by atoms with Gasteiger partial charge in [0.15, 0.2) is 5.78 Å². The molecule has 0 aliphatic carbocycles. The lowest BCUT2D eigenvalue weighted by Gasteiger charge is -2.34. The number of carboxylic acid groups (broad SMARTS) is 1. The monoisotopic (exact) mass is 498 g/mol. The maximum absolute atomic E-state index is 13.5. The molecular formula is C26H31ClN4O4. The molecule has 0 saturated carbocycles. The van der Waals surface area contributed by atoms with Crippen molar-refractivity contribution in [2.24, 2.45) is 5.92 Å². The van der Waals surface area contributed by atoms with Crippen molar-refractivity contribution in [2.75, 3.05) is 37.6 Å². The Bertz CT molecular complexity index is 1070. The predicted octanol–water partition coefficient (Wildman–Crippen LogP) is 4.15. The lowest BCUT2D eigenvalue weighted by molar-refractivity contribution is -0.135. The van der Waals surface area contributed by atoms with Crippen molar-refractivity contribution in [2.45, 2.75) is 38.6 Å². The number of hydrogen-bond donors (Lipinski definition) is 1. The molecule has 2 aromatic rings. The number of benzene rings is 1. The van der Waals surface area contributed by atoms with Gasteiger partial charge in [-0.15, -0.1) is 0 Å². The van der Waals surface area contributed by atoms with Crippen LogP contribution in [0.25, 0.3) is 0 Å². The molecule has 2 aliphatic rings. The van der Waals surface area contributed by atoms with Crippen LogP contribution < -0.4 is 4.90 Å². The number of likely N-dealkylation sites (N-methyl/N-ethyl adjacent to an activating group) is 1. The predicted molar refractivity (Wildman–Crippen MR) is 134 cm³/mol. The van der Waals surface area contributed by atoms with E-state index in [1.54, 1.807) is 12.3 Å². The quantitative estimate of drug-likeness (QED) is 0.601. The van der Waals surface area contributed by atoms with Crippen LogP contribution in [0.15, 0.2) is 42.6 Å². The topological polar surface area (TPSA) is 94.0 Å². The third kappa shape index (κ3) is 5.42. The van der Waals surface area contributed by atoms with E-state index < -0.39 is 6.09 Å². The second kappa shape index (κ2) is 10.6. The SMILES string of the molecule is CCN(C(=O)O)[C@@H]1CN(C(=O)C2CCN(c3ccc(C(C)=O)cn3)CC2)C[C@H]1c1ccc(Cl)cc1. The summed E-state index contributed by atoms with van der Waals surface area (Å²) in [5.74, 6) is 0.680. The van der Waals surface area contributed by atoms with Gasteiger partial charge in [0, 0.05) is 61.3 Å². The van der Waals surface area contributed by atoms with Gasteiger partial charge in [0.05, 0.1) is 6.04 Å². The Balaban J connectivity index is 1.43. The second-order valence-corrected chi connectivity index (χ2v) is 9.70. The molecule has 1 N–H and O–H groups in total. The molecule has 1 aromatic carbocycles. The molecule has 2 amide bonds. The van der Waals surface area contributed by atoms with E-state index in [4.69, 9.17) is 11.6 Å². The smallest absolute Gasteiger partial charge is 0.407 e. The van der Waals surface area contributed by atoms with Crippen LogP contribution >= 0.6 is 11.6 Å². The largest absolute Gasteiger partial charge is 0.465 e. The van der Waals surface area contributed by atoms with E-state index in [0.29, 0.717) is 56.2 Å². The van der Waals surface area contributed by atoms with Gasteiger partial charge in [-0.2, -0.15) is 0 Å². The van der Waals surface area contributed by atoms with Gasteiger partial charge in [-0.05, 0) is 56.5 Å². The normalized spacial score (nSPS) is 20.7. The van der Waals surface area contributed by atoms with Gasteiger partial charge < -0.3 is 19.8 Å². The highest BCUT2D eigenvalue weighted by Crippen LogP contribution is 2.34. The minimum atomic E-state index is -0.970. The Labute approximate surface area is 210 Å². The van der Waals surface area contributed by atoms with Crippen LogP contribution in [-0.4, -0.2) is 76.4 Å². The van der Waals surface area contributed by atoms with Gasteiger partial charge in [-0.3, -0.25) is 9.59 Å². The van der Waals surface area contributed by atoms with E-state index in [9.17, 15) is 19.5 Å². The van der Waals surface area contributed by atoms with Gasteiger partial charge in [0.1, 0.15) is 5.82 Å². The van der Waals surface area contributed by atoms with Crippen LogP contribution in [0.5, 0.6) is 0 Å². The highest BCUT2D eigenvalue weighted by Gasteiger charge is 2.42. The Kier molecular flexibility index (Phi) is 7.60. The fourth-order valence-corrected chi connectivity index (χ4v) is 5.35. The summed E-state index contributed by atoms with van der Waals surface area (Å²) in [4.78, 5) is 46.7. The van der Waals surface area contributed by atoms with Crippen LogP contribution in [0, 0.1) is 5.92 Å². The average molecular weight is 499 g/mol. The third-order valence-electron chi connectivity index (χ3n) is 7.21. The zero-order valence-corrected chi connectivity index (χ0v) is 20.8. The number of amides is 2. The van der Waals surface area contributed by atoms with Crippen LogP contribution in [0.2, 0.25) is 5.02 Å². The number of pyridine rings is 1. The molecule has 1 aromatic heterocycles. The minimum absolute atomic E-state index is 0.0151. The number of hydrogen-bond acceptors (Lipinski definition) is 5. The maximum Gasteiger partial charge on any atom is 0.407 e. The lowest BCUT2D eigenvalue weighted by atomic mass is 9.93. The molecule has 4 rings (SSSR count). The van der Waals surface area contributed by atoms with Crippen LogP contribution in [0.1, 0.15) is 48.5 Å². The molecule has 2 atom stereocenters. The standard InChI is InChI=1S/C26H31ClN4O4/c1-3-31(26(34)35)23-16-30(15-22(23)18-4-7-21(27)8-5-18)25(33)19-10-12-29(13-11-19)24-9-6-20(14-28-24)17(2)32/h4-9,14,19,22-23H,3,10-13,15-16H2,1-2H3,(H,34,35)/t22-,23+/m0/s1. The molecule has 9 heteroatoms. The summed E-state index contributed by atoms with van der Waals surface area (Å²) < 4.78 is 0. The van der Waals surface area contributed by atoms with Crippen molar-refractivity contribution in [1.29, 1.82) is 0 Å². The number of Topliss-reactive ketones (excluding diaryl/α,β-unsaturated/α-hetero) is 1. The molecule has 2 saturated heterocycles. The highest BCUT2D eigenvalue weighted by molar-refractivity contribution is 6.30. The molecule has 8 nitrogen and oxygen atoms in total. The molecule has 0 bridgehead atoms. The molecule has 0 unspecified atom stereocenters. The number of halogens is 1. The van der Waals surface area contributed by atoms with E-state index in [1.165, 1.54) is 11.8 Å². The first-order chi connectivity index (χ1) is 16.8. The van der Waals surface area contributed by atoms with Gasteiger partial charge in [-0.25, -0.2) is 9.78 Å². The van der Waals surface area contributed by atoms with Crippen molar-refractivity contribution in [1.82, 2.24) is 14.8 Å². The minimum Gasteiger partial charge on any atom is -0.465 e.